The molecule has 2 aliphatic rings. The van der Waals surface area contributed by atoms with Gasteiger partial charge in [-0.15, -0.1) is 0 Å². The van der Waals surface area contributed by atoms with E-state index < -0.39 is 10.0 Å². The number of ether oxygens (including phenoxy) is 1. The second-order valence-electron chi connectivity index (χ2n) is 7.63. The zero-order valence-corrected chi connectivity index (χ0v) is 17.1. The maximum atomic E-state index is 12.8. The number of aryl methyl sites for hydroxylation is 1. The number of sulfonamides is 1. The summed E-state index contributed by atoms with van der Waals surface area (Å²) in [5, 5.41) is 3.07. The third-order valence-electron chi connectivity index (χ3n) is 5.61. The van der Waals surface area contributed by atoms with Gasteiger partial charge in [-0.25, -0.2) is 13.1 Å². The van der Waals surface area contributed by atoms with E-state index in [-0.39, 0.29) is 29.5 Å². The highest BCUT2D eigenvalue weighted by Crippen LogP contribution is 2.29. The highest BCUT2D eigenvalue weighted by molar-refractivity contribution is 7.89. The summed E-state index contributed by atoms with van der Waals surface area (Å²) in [5.41, 5.74) is 2.75. The Labute approximate surface area is 171 Å². The van der Waals surface area contributed by atoms with Crippen LogP contribution in [0.5, 0.6) is 0 Å². The van der Waals surface area contributed by atoms with Crippen LogP contribution in [-0.4, -0.2) is 33.6 Å². The predicted octanol–water partition coefficient (Wildman–Crippen LogP) is 2.95. The standard InChI is InChI=1S/C22H26N2O4S/c25-22(24-21-12-4-7-16-6-1-2-11-20(16)21)17-8-3-10-19(14-17)29(26,27)23-15-18-9-5-13-28-18/h1-3,6,8,10-11,14,18,21,23H,4-5,7,9,12-13,15H2,(H,24,25). The van der Waals surface area contributed by atoms with E-state index in [4.69, 9.17) is 4.74 Å². The van der Waals surface area contributed by atoms with E-state index in [1.165, 1.54) is 17.7 Å². The van der Waals surface area contributed by atoms with Crippen LogP contribution in [-0.2, 0) is 21.2 Å². The minimum atomic E-state index is -3.70. The maximum Gasteiger partial charge on any atom is 0.251 e. The lowest BCUT2D eigenvalue weighted by Crippen LogP contribution is -2.33. The topological polar surface area (TPSA) is 84.5 Å². The molecule has 0 saturated carbocycles. The summed E-state index contributed by atoms with van der Waals surface area (Å²) in [6, 6.07) is 14.3. The van der Waals surface area contributed by atoms with Crippen molar-refractivity contribution in [3.63, 3.8) is 0 Å². The van der Waals surface area contributed by atoms with Gasteiger partial charge >= 0.3 is 0 Å². The summed E-state index contributed by atoms with van der Waals surface area (Å²) in [4.78, 5) is 12.9. The number of fused-ring (bicyclic) bond motifs is 1. The van der Waals surface area contributed by atoms with Crippen molar-refractivity contribution in [2.24, 2.45) is 0 Å². The van der Waals surface area contributed by atoms with Gasteiger partial charge in [-0.3, -0.25) is 4.79 Å². The van der Waals surface area contributed by atoms with Gasteiger partial charge in [0.05, 0.1) is 17.0 Å². The first-order chi connectivity index (χ1) is 14.0. The van der Waals surface area contributed by atoms with Gasteiger partial charge in [-0.1, -0.05) is 30.3 Å². The second-order valence-corrected chi connectivity index (χ2v) is 9.40. The van der Waals surface area contributed by atoms with E-state index >= 15 is 0 Å². The van der Waals surface area contributed by atoms with E-state index in [0.717, 1.165) is 37.7 Å². The molecule has 0 aromatic heterocycles. The van der Waals surface area contributed by atoms with Crippen molar-refractivity contribution in [3.8, 4) is 0 Å². The molecule has 7 heteroatoms. The first-order valence-corrected chi connectivity index (χ1v) is 11.6. The summed E-state index contributed by atoms with van der Waals surface area (Å²) in [6.07, 6.45) is 4.64. The summed E-state index contributed by atoms with van der Waals surface area (Å²) >= 11 is 0. The van der Waals surface area contributed by atoms with Gasteiger partial charge in [0.1, 0.15) is 0 Å². The zero-order valence-electron chi connectivity index (χ0n) is 16.3. The largest absolute Gasteiger partial charge is 0.377 e. The predicted molar refractivity (Wildman–Crippen MR) is 110 cm³/mol. The molecule has 4 rings (SSSR count). The molecule has 0 bridgehead atoms. The van der Waals surface area contributed by atoms with Gasteiger partial charge in [-0.05, 0) is 61.4 Å². The molecular formula is C22H26N2O4S. The molecule has 29 heavy (non-hydrogen) atoms. The van der Waals surface area contributed by atoms with Gasteiger partial charge in [0.2, 0.25) is 10.0 Å². The molecular weight excluding hydrogens is 388 g/mol. The maximum absolute atomic E-state index is 12.8. The van der Waals surface area contributed by atoms with E-state index in [1.54, 1.807) is 12.1 Å². The van der Waals surface area contributed by atoms with Crippen molar-refractivity contribution >= 4 is 15.9 Å². The Morgan fingerprint density at radius 1 is 1.07 bits per heavy atom. The Hall–Kier alpha value is -2.22. The normalized spacial score (nSPS) is 21.5. The lowest BCUT2D eigenvalue weighted by Gasteiger charge is -2.26. The van der Waals surface area contributed by atoms with Crippen LogP contribution in [0.1, 0.15) is 53.2 Å². The van der Waals surface area contributed by atoms with Crippen molar-refractivity contribution in [2.45, 2.75) is 49.1 Å². The van der Waals surface area contributed by atoms with Gasteiger partial charge < -0.3 is 10.1 Å². The lowest BCUT2D eigenvalue weighted by molar-refractivity contribution is 0.0932. The molecule has 1 aliphatic heterocycles. The number of rotatable bonds is 6. The molecule has 2 aromatic rings. The number of benzene rings is 2. The molecule has 1 heterocycles. The number of carbonyl (C=O) groups is 1. The first kappa shape index (κ1) is 20.1. The number of hydrogen-bond acceptors (Lipinski definition) is 4. The average molecular weight is 415 g/mol. The van der Waals surface area contributed by atoms with Crippen LogP contribution in [0.4, 0.5) is 0 Å². The van der Waals surface area contributed by atoms with Gasteiger partial charge in [0.15, 0.2) is 0 Å². The van der Waals surface area contributed by atoms with Crippen LogP contribution in [0.15, 0.2) is 53.4 Å². The minimum absolute atomic E-state index is 0.0506. The molecule has 1 saturated heterocycles. The van der Waals surface area contributed by atoms with Crippen LogP contribution in [0.3, 0.4) is 0 Å². The van der Waals surface area contributed by atoms with Crippen LogP contribution < -0.4 is 10.0 Å². The average Bonchev–Trinajstić information content (AvgIpc) is 3.26. The highest BCUT2D eigenvalue weighted by atomic mass is 32.2. The molecule has 6 nitrogen and oxygen atoms in total. The molecule has 154 valence electrons. The minimum Gasteiger partial charge on any atom is -0.377 e. The molecule has 2 N–H and O–H groups in total. The van der Waals surface area contributed by atoms with Crippen LogP contribution in [0.25, 0.3) is 0 Å². The monoisotopic (exact) mass is 414 g/mol. The zero-order chi connectivity index (χ0) is 20.3. The third-order valence-corrected chi connectivity index (χ3v) is 7.03. The van der Waals surface area contributed by atoms with Crippen molar-refractivity contribution in [3.05, 3.63) is 65.2 Å². The number of hydrogen-bond donors (Lipinski definition) is 2. The Balaban J connectivity index is 1.46. The molecule has 1 aliphatic carbocycles. The number of carbonyl (C=O) groups excluding carboxylic acids is 1. The van der Waals surface area contributed by atoms with Crippen molar-refractivity contribution in [1.82, 2.24) is 10.0 Å². The fraction of sp³-hybridized carbons (Fsp3) is 0.409. The summed E-state index contributed by atoms with van der Waals surface area (Å²) in [6.45, 7) is 0.921. The van der Waals surface area contributed by atoms with Crippen molar-refractivity contribution in [2.75, 3.05) is 13.2 Å². The number of amides is 1. The Morgan fingerprint density at radius 2 is 1.93 bits per heavy atom. The molecule has 2 atom stereocenters. The Morgan fingerprint density at radius 3 is 2.76 bits per heavy atom. The second kappa shape index (κ2) is 8.65. The fourth-order valence-electron chi connectivity index (χ4n) is 4.04. The molecule has 2 unspecified atom stereocenters. The molecule has 1 amide bonds. The molecule has 2 aromatic carbocycles. The molecule has 1 fully saturated rings. The number of nitrogens with one attached hydrogen (secondary N) is 2. The Kier molecular flexibility index (Phi) is 5.99. The highest BCUT2D eigenvalue weighted by Gasteiger charge is 2.24. The van der Waals surface area contributed by atoms with Crippen LogP contribution >= 0.6 is 0 Å². The van der Waals surface area contributed by atoms with Crippen molar-refractivity contribution in [1.29, 1.82) is 0 Å². The lowest BCUT2D eigenvalue weighted by atomic mass is 9.87. The van der Waals surface area contributed by atoms with E-state index in [1.807, 2.05) is 12.1 Å². The SMILES string of the molecule is O=C(NC1CCCc2ccccc21)c1cccc(S(=O)(=O)NCC2CCCO2)c1. The van der Waals surface area contributed by atoms with Gasteiger partial charge in [0, 0.05) is 18.7 Å². The van der Waals surface area contributed by atoms with E-state index in [9.17, 15) is 13.2 Å². The fourth-order valence-corrected chi connectivity index (χ4v) is 5.15. The van der Waals surface area contributed by atoms with Gasteiger partial charge in [-0.2, -0.15) is 0 Å². The van der Waals surface area contributed by atoms with Crippen LogP contribution in [0.2, 0.25) is 0 Å². The molecule has 0 spiro atoms. The summed E-state index contributed by atoms with van der Waals surface area (Å²) in [5.74, 6) is -0.261. The smallest absolute Gasteiger partial charge is 0.251 e. The quantitative estimate of drug-likeness (QED) is 0.761. The summed E-state index contributed by atoms with van der Waals surface area (Å²) < 4.78 is 33.3. The first-order valence-electron chi connectivity index (χ1n) is 10.1. The Bertz CT molecular complexity index is 984. The van der Waals surface area contributed by atoms with E-state index in [2.05, 4.69) is 22.2 Å². The van der Waals surface area contributed by atoms with Crippen molar-refractivity contribution < 1.29 is 17.9 Å². The van der Waals surface area contributed by atoms with Gasteiger partial charge in [0.25, 0.3) is 5.91 Å². The molecule has 0 radical (unpaired) electrons. The van der Waals surface area contributed by atoms with E-state index in [0.29, 0.717) is 12.2 Å². The summed E-state index contributed by atoms with van der Waals surface area (Å²) in [7, 11) is -3.70. The van der Waals surface area contributed by atoms with Crippen LogP contribution in [0, 0.1) is 0 Å². The third kappa shape index (κ3) is 4.69.